The molecule has 0 aromatic carbocycles. The number of carbonyl (C=O) groups excluding carboxylic acids is 2. The molecule has 0 aliphatic rings. The number of unbranched alkanes of at least 4 members (excludes halogenated alkanes) is 28. The summed E-state index contributed by atoms with van der Waals surface area (Å²) in [7, 11) is 1.17. The molecule has 0 fully saturated rings. The van der Waals surface area contributed by atoms with E-state index in [1.807, 2.05) is 21.1 Å². The van der Waals surface area contributed by atoms with Gasteiger partial charge in [0.1, 0.15) is 19.8 Å². The summed E-state index contributed by atoms with van der Waals surface area (Å²) in [6, 6.07) is 0. The van der Waals surface area contributed by atoms with Gasteiger partial charge in [0, 0.05) is 12.8 Å². The van der Waals surface area contributed by atoms with Gasteiger partial charge in [0.15, 0.2) is 6.10 Å². The number of quaternary nitrogens is 1. The first kappa shape index (κ1) is 66.7. The lowest BCUT2D eigenvalue weighted by atomic mass is 10.0. The smallest absolute Gasteiger partial charge is 0.306 e. The lowest BCUT2D eigenvalue weighted by Gasteiger charge is -2.28. The fourth-order valence-electron chi connectivity index (χ4n) is 7.89. The van der Waals surface area contributed by atoms with Gasteiger partial charge in [0.05, 0.1) is 27.7 Å². The highest BCUT2D eigenvalue weighted by molar-refractivity contribution is 7.45. The number of hydrogen-bond donors (Lipinski definition) is 0. The highest BCUT2D eigenvalue weighted by atomic mass is 31.2. The Labute approximate surface area is 426 Å². The first-order chi connectivity index (χ1) is 33.5. The normalized spacial score (nSPS) is 13.8. The molecule has 0 aliphatic heterocycles. The molecule has 0 saturated carbocycles. The fraction of sp³-hybridized carbons (Fsp3) is 0.797. The number of phosphoric ester groups is 1. The Hall–Kier alpha value is -2.29. The molecule has 402 valence electrons. The van der Waals surface area contributed by atoms with Crippen LogP contribution >= 0.6 is 7.82 Å². The van der Waals surface area contributed by atoms with Crippen molar-refractivity contribution >= 4 is 19.8 Å². The molecule has 0 aromatic heterocycles. The summed E-state index contributed by atoms with van der Waals surface area (Å²) in [6.07, 6.45) is 64.5. The first-order valence-electron chi connectivity index (χ1n) is 28.5. The lowest BCUT2D eigenvalue weighted by molar-refractivity contribution is -0.870. The predicted octanol–water partition coefficient (Wildman–Crippen LogP) is 16.9. The van der Waals surface area contributed by atoms with Crippen LogP contribution in [0, 0.1) is 0 Å². The molecule has 0 aliphatic carbocycles. The van der Waals surface area contributed by atoms with Gasteiger partial charge in [-0.15, -0.1) is 0 Å². The van der Waals surface area contributed by atoms with Crippen LogP contribution in [-0.4, -0.2) is 70.0 Å². The van der Waals surface area contributed by atoms with Crippen molar-refractivity contribution in [3.63, 3.8) is 0 Å². The van der Waals surface area contributed by atoms with Crippen LogP contribution in [0.4, 0.5) is 0 Å². The maximum Gasteiger partial charge on any atom is 0.306 e. The largest absolute Gasteiger partial charge is 0.756 e. The minimum Gasteiger partial charge on any atom is -0.756 e. The van der Waals surface area contributed by atoms with E-state index < -0.39 is 32.5 Å². The van der Waals surface area contributed by atoms with Crippen LogP contribution in [0.25, 0.3) is 0 Å². The topological polar surface area (TPSA) is 111 Å². The molecule has 0 bridgehead atoms. The maximum absolute atomic E-state index is 12.7. The van der Waals surface area contributed by atoms with Crippen molar-refractivity contribution < 1.29 is 42.1 Å². The molecule has 0 saturated heterocycles. The Kier molecular flexibility index (Phi) is 49.0. The van der Waals surface area contributed by atoms with Crippen LogP contribution in [0.5, 0.6) is 0 Å². The summed E-state index contributed by atoms with van der Waals surface area (Å²) >= 11 is 0. The lowest BCUT2D eigenvalue weighted by Crippen LogP contribution is -2.37. The average Bonchev–Trinajstić information content (AvgIpc) is 3.31. The van der Waals surface area contributed by atoms with Gasteiger partial charge in [0.25, 0.3) is 7.82 Å². The van der Waals surface area contributed by atoms with E-state index in [0.29, 0.717) is 17.4 Å². The molecule has 10 heteroatoms. The van der Waals surface area contributed by atoms with Crippen molar-refractivity contribution in [1.82, 2.24) is 0 Å². The molecule has 0 N–H and O–H groups in total. The number of esters is 2. The molecule has 0 amide bonds. The Morgan fingerprint density at radius 3 is 1.25 bits per heavy atom. The van der Waals surface area contributed by atoms with Crippen LogP contribution in [0.3, 0.4) is 0 Å². The van der Waals surface area contributed by atoms with Gasteiger partial charge in [-0.3, -0.25) is 14.2 Å². The SMILES string of the molecule is CC/C=C\C/C=C\C/C=C\C/C=C\CCCCCCCCCCCCCCCCCCCCCCCCC(=O)OC(COC(=O)CCCCCCC/C=C\CCC)COP(=O)([O-])OCC[N+](C)(C)C. The van der Waals surface area contributed by atoms with E-state index in [1.165, 1.54) is 128 Å². The summed E-state index contributed by atoms with van der Waals surface area (Å²) in [6.45, 7) is 4.06. The zero-order chi connectivity index (χ0) is 50.6. The van der Waals surface area contributed by atoms with Gasteiger partial charge < -0.3 is 27.9 Å². The summed E-state index contributed by atoms with van der Waals surface area (Å²) in [5, 5.41) is 0. The van der Waals surface area contributed by atoms with E-state index in [-0.39, 0.29) is 26.1 Å². The number of ether oxygens (including phenoxy) is 2. The van der Waals surface area contributed by atoms with Crippen molar-refractivity contribution in [2.75, 3.05) is 47.5 Å². The van der Waals surface area contributed by atoms with Crippen LogP contribution in [-0.2, 0) is 32.7 Å². The Balaban J connectivity index is 3.92. The molecule has 0 aromatic rings. The quantitative estimate of drug-likeness (QED) is 0.0195. The molecular weight excluding hydrogens is 882 g/mol. The third-order valence-electron chi connectivity index (χ3n) is 12.3. The number of likely N-dealkylation sites (N-methyl/N-ethyl adjacent to an activating group) is 1. The minimum absolute atomic E-state index is 0.0316. The Morgan fingerprint density at radius 2 is 0.826 bits per heavy atom. The van der Waals surface area contributed by atoms with Gasteiger partial charge >= 0.3 is 11.9 Å². The maximum atomic E-state index is 12.7. The van der Waals surface area contributed by atoms with Gasteiger partial charge in [-0.2, -0.15) is 0 Å². The second-order valence-corrected chi connectivity index (χ2v) is 21.7. The van der Waals surface area contributed by atoms with Gasteiger partial charge in [-0.1, -0.05) is 229 Å². The summed E-state index contributed by atoms with van der Waals surface area (Å²) in [4.78, 5) is 37.6. The first-order valence-corrected chi connectivity index (χ1v) is 30.0. The standard InChI is InChI=1S/C59H108NO8P/c1-6-8-10-12-14-16-18-19-20-21-22-23-24-25-26-27-28-29-30-31-32-33-34-35-36-37-38-39-40-41-42-44-46-48-50-52-59(62)68-57(56-67-69(63,64)66-54-53-60(3,4)5)55-65-58(61)51-49-47-45-43-17-15-13-11-9-7-2/h8,10-11,13-14,16,19-20,22-23,57H,6-7,9,12,15,17-18,21,24-56H2,1-5H3/b10-8-,13-11-,16-14-,20-19-,23-22-. The fourth-order valence-corrected chi connectivity index (χ4v) is 8.61. The molecule has 9 nitrogen and oxygen atoms in total. The summed E-state index contributed by atoms with van der Waals surface area (Å²) in [5.41, 5.74) is 0. The second-order valence-electron chi connectivity index (χ2n) is 20.3. The van der Waals surface area contributed by atoms with Gasteiger partial charge in [0.2, 0.25) is 0 Å². The van der Waals surface area contributed by atoms with Crippen molar-refractivity contribution in [3.8, 4) is 0 Å². The number of nitrogens with zero attached hydrogens (tertiary/aromatic N) is 1. The predicted molar refractivity (Wildman–Crippen MR) is 291 cm³/mol. The number of phosphoric acid groups is 1. The summed E-state index contributed by atoms with van der Waals surface area (Å²) < 4.78 is 34.0. The zero-order valence-corrected chi connectivity index (χ0v) is 46.4. The minimum atomic E-state index is -4.63. The highest BCUT2D eigenvalue weighted by Gasteiger charge is 2.21. The van der Waals surface area contributed by atoms with Crippen LogP contribution < -0.4 is 4.89 Å². The van der Waals surface area contributed by atoms with Crippen molar-refractivity contribution in [2.24, 2.45) is 0 Å². The van der Waals surface area contributed by atoms with E-state index in [0.717, 1.165) is 89.9 Å². The van der Waals surface area contributed by atoms with E-state index in [2.05, 4.69) is 74.6 Å². The third-order valence-corrected chi connectivity index (χ3v) is 13.2. The molecule has 0 rings (SSSR count). The molecule has 2 unspecified atom stereocenters. The number of carbonyl (C=O) groups is 2. The van der Waals surface area contributed by atoms with Gasteiger partial charge in [-0.25, -0.2) is 0 Å². The van der Waals surface area contributed by atoms with E-state index >= 15 is 0 Å². The van der Waals surface area contributed by atoms with Crippen molar-refractivity contribution in [3.05, 3.63) is 60.8 Å². The Morgan fingerprint density at radius 1 is 0.464 bits per heavy atom. The van der Waals surface area contributed by atoms with Crippen molar-refractivity contribution in [2.45, 2.75) is 258 Å². The molecule has 0 radical (unpaired) electrons. The number of hydrogen-bond acceptors (Lipinski definition) is 8. The molecule has 0 heterocycles. The second kappa shape index (κ2) is 50.6. The molecular formula is C59H108NO8P. The van der Waals surface area contributed by atoms with Crippen LogP contribution in [0.15, 0.2) is 60.8 Å². The van der Waals surface area contributed by atoms with Crippen LogP contribution in [0.2, 0.25) is 0 Å². The van der Waals surface area contributed by atoms with E-state index in [4.69, 9.17) is 18.5 Å². The van der Waals surface area contributed by atoms with E-state index in [1.54, 1.807) is 0 Å². The summed E-state index contributed by atoms with van der Waals surface area (Å²) in [5.74, 6) is -0.839. The molecule has 0 spiro atoms. The van der Waals surface area contributed by atoms with Crippen LogP contribution in [0.1, 0.15) is 251 Å². The van der Waals surface area contributed by atoms with Gasteiger partial charge in [-0.05, 0) is 70.6 Å². The molecule has 2 atom stereocenters. The number of allylic oxidation sites excluding steroid dienone is 10. The van der Waals surface area contributed by atoms with Crippen molar-refractivity contribution in [1.29, 1.82) is 0 Å². The third kappa shape index (κ3) is 54.9. The Bertz CT molecular complexity index is 1350. The monoisotopic (exact) mass is 990 g/mol. The van der Waals surface area contributed by atoms with E-state index in [9.17, 15) is 19.0 Å². The average molecular weight is 990 g/mol. The number of rotatable bonds is 52. The molecule has 69 heavy (non-hydrogen) atoms. The highest BCUT2D eigenvalue weighted by Crippen LogP contribution is 2.38. The zero-order valence-electron chi connectivity index (χ0n) is 45.5.